The standard InChI is InChI=1S/C30H32ClN5O4/c1-17-13-21(9-11-24(17)40-25-14-18(2)34-35-28(25)38)27(37)33-19(3)29(39)36-23(20-7-6-8-22(31)15-20)10-12-26(36)30(4,5)16-32/h6-9,11,13-15,19,23,26H,10,12H2,1-5H3,(H,33,37)(H,35,38)/t19-,23+,26?/m1/s1. The number of aromatic amines is 1. The van der Waals surface area contributed by atoms with E-state index < -0.39 is 22.9 Å². The number of benzene rings is 2. The lowest BCUT2D eigenvalue weighted by atomic mass is 9.84. The lowest BCUT2D eigenvalue weighted by Gasteiger charge is -2.38. The van der Waals surface area contributed by atoms with Gasteiger partial charge in [0.1, 0.15) is 11.8 Å². The Balaban J connectivity index is 1.53. The van der Waals surface area contributed by atoms with Crippen molar-refractivity contribution < 1.29 is 14.3 Å². The lowest BCUT2D eigenvalue weighted by molar-refractivity contribution is -0.137. The number of nitrogens with zero attached hydrogens (tertiary/aromatic N) is 3. The van der Waals surface area contributed by atoms with Crippen LogP contribution < -0.4 is 15.6 Å². The van der Waals surface area contributed by atoms with E-state index in [1.807, 2.05) is 32.0 Å². The molecule has 1 aromatic heterocycles. The normalized spacial score (nSPS) is 17.7. The molecule has 2 aromatic carbocycles. The van der Waals surface area contributed by atoms with Crippen molar-refractivity contribution in [1.29, 1.82) is 5.26 Å². The molecular formula is C30H32ClN5O4. The molecule has 1 aliphatic rings. The number of aromatic nitrogens is 2. The smallest absolute Gasteiger partial charge is 0.307 e. The van der Waals surface area contributed by atoms with Crippen LogP contribution in [-0.4, -0.2) is 39.0 Å². The molecule has 1 saturated heterocycles. The van der Waals surface area contributed by atoms with Crippen LogP contribution in [0.2, 0.25) is 5.02 Å². The van der Waals surface area contributed by atoms with Gasteiger partial charge in [-0.05, 0) is 88.9 Å². The summed E-state index contributed by atoms with van der Waals surface area (Å²) in [7, 11) is 0. The Morgan fingerprint density at radius 2 is 1.93 bits per heavy atom. The van der Waals surface area contributed by atoms with Crippen LogP contribution in [0.4, 0.5) is 0 Å². The van der Waals surface area contributed by atoms with Crippen LogP contribution in [0.3, 0.4) is 0 Å². The van der Waals surface area contributed by atoms with E-state index in [0.29, 0.717) is 40.4 Å². The Kier molecular flexibility index (Phi) is 8.31. The molecule has 0 radical (unpaired) electrons. The van der Waals surface area contributed by atoms with Gasteiger partial charge in [-0.25, -0.2) is 5.10 Å². The van der Waals surface area contributed by atoms with E-state index in [9.17, 15) is 19.6 Å². The minimum Gasteiger partial charge on any atom is -0.451 e. The molecule has 1 aliphatic heterocycles. The molecule has 1 fully saturated rings. The van der Waals surface area contributed by atoms with Gasteiger partial charge in [0.25, 0.3) is 5.91 Å². The van der Waals surface area contributed by atoms with Gasteiger partial charge >= 0.3 is 5.56 Å². The molecule has 2 heterocycles. The van der Waals surface area contributed by atoms with Gasteiger partial charge in [-0.15, -0.1) is 0 Å². The molecule has 0 bridgehead atoms. The summed E-state index contributed by atoms with van der Waals surface area (Å²) >= 11 is 6.25. The Bertz CT molecular complexity index is 1540. The molecule has 4 rings (SSSR count). The Morgan fingerprint density at radius 1 is 1.18 bits per heavy atom. The minimum atomic E-state index is -0.848. The molecule has 2 amide bonds. The number of nitrogens with one attached hydrogen (secondary N) is 2. The predicted molar refractivity (Wildman–Crippen MR) is 151 cm³/mol. The van der Waals surface area contributed by atoms with E-state index >= 15 is 0 Å². The topological polar surface area (TPSA) is 128 Å². The highest BCUT2D eigenvalue weighted by molar-refractivity contribution is 6.30. The quantitative estimate of drug-likeness (QED) is 0.406. The summed E-state index contributed by atoms with van der Waals surface area (Å²) in [4.78, 5) is 40.8. The SMILES string of the molecule is Cc1cc(Oc2ccc(C(=O)N[C@H](C)C(=O)N3C(C(C)(C)C#N)CC[C@H]3c3cccc(Cl)c3)cc2C)c(=O)[nH]n1. The summed E-state index contributed by atoms with van der Waals surface area (Å²) in [6.45, 7) is 8.79. The molecule has 9 nitrogen and oxygen atoms in total. The number of ether oxygens (including phenoxy) is 1. The van der Waals surface area contributed by atoms with Crippen molar-refractivity contribution >= 4 is 23.4 Å². The zero-order chi connectivity index (χ0) is 29.2. The van der Waals surface area contributed by atoms with Gasteiger partial charge in [-0.1, -0.05) is 23.7 Å². The van der Waals surface area contributed by atoms with Crippen molar-refractivity contribution in [2.45, 2.75) is 65.6 Å². The molecule has 208 valence electrons. The number of halogens is 1. The van der Waals surface area contributed by atoms with Crippen LogP contribution in [0.15, 0.2) is 53.3 Å². The first kappa shape index (κ1) is 28.8. The second kappa shape index (κ2) is 11.5. The molecule has 3 atom stereocenters. The maximum atomic E-state index is 13.8. The third kappa shape index (κ3) is 6.02. The van der Waals surface area contributed by atoms with Crippen molar-refractivity contribution in [2.75, 3.05) is 0 Å². The first-order valence-electron chi connectivity index (χ1n) is 13.1. The minimum absolute atomic E-state index is 0.0988. The number of H-pyrrole nitrogens is 1. The van der Waals surface area contributed by atoms with Gasteiger partial charge in [-0.3, -0.25) is 14.4 Å². The second-order valence-electron chi connectivity index (χ2n) is 10.7. The van der Waals surface area contributed by atoms with Crippen molar-refractivity contribution in [1.82, 2.24) is 20.4 Å². The van der Waals surface area contributed by atoms with Gasteiger partial charge in [0.05, 0.1) is 29.3 Å². The van der Waals surface area contributed by atoms with Crippen molar-refractivity contribution in [3.8, 4) is 17.6 Å². The number of hydrogen-bond acceptors (Lipinski definition) is 6. The molecule has 40 heavy (non-hydrogen) atoms. The van der Waals surface area contributed by atoms with Gasteiger partial charge in [0, 0.05) is 16.7 Å². The summed E-state index contributed by atoms with van der Waals surface area (Å²) in [5.41, 5.74) is 1.22. The van der Waals surface area contributed by atoms with Crippen LogP contribution in [-0.2, 0) is 4.79 Å². The number of nitriles is 1. The Hall–Kier alpha value is -4.16. The number of carbonyl (C=O) groups excluding carboxylic acids is 2. The summed E-state index contributed by atoms with van der Waals surface area (Å²) in [6, 6.07) is 14.6. The molecule has 2 N–H and O–H groups in total. The van der Waals surface area contributed by atoms with Crippen LogP contribution >= 0.6 is 11.6 Å². The number of carbonyl (C=O) groups is 2. The third-order valence-corrected chi connectivity index (χ3v) is 7.50. The number of rotatable bonds is 7. The summed E-state index contributed by atoms with van der Waals surface area (Å²) in [5.74, 6) is -0.183. The van der Waals surface area contributed by atoms with E-state index in [-0.39, 0.29) is 23.7 Å². The second-order valence-corrected chi connectivity index (χ2v) is 11.2. The molecule has 3 aromatic rings. The maximum Gasteiger partial charge on any atom is 0.307 e. The fourth-order valence-corrected chi connectivity index (χ4v) is 5.29. The number of aryl methyl sites for hydroxylation is 2. The Morgan fingerprint density at radius 3 is 2.60 bits per heavy atom. The van der Waals surface area contributed by atoms with Crippen molar-refractivity contribution in [3.63, 3.8) is 0 Å². The fraction of sp³-hybridized carbons (Fsp3) is 0.367. The first-order valence-corrected chi connectivity index (χ1v) is 13.4. The summed E-state index contributed by atoms with van der Waals surface area (Å²) in [5, 5.41) is 19.4. The summed E-state index contributed by atoms with van der Waals surface area (Å²) < 4.78 is 5.75. The highest BCUT2D eigenvalue weighted by atomic mass is 35.5. The lowest BCUT2D eigenvalue weighted by Crippen LogP contribution is -2.52. The van der Waals surface area contributed by atoms with E-state index in [1.54, 1.807) is 49.9 Å². The molecule has 0 spiro atoms. The van der Waals surface area contributed by atoms with Crippen molar-refractivity contribution in [3.05, 3.63) is 86.3 Å². The number of hydrogen-bond donors (Lipinski definition) is 2. The highest BCUT2D eigenvalue weighted by Crippen LogP contribution is 2.43. The van der Waals surface area contributed by atoms with Gasteiger partial charge < -0.3 is 15.0 Å². The average Bonchev–Trinajstić information content (AvgIpc) is 3.37. The van der Waals surface area contributed by atoms with Gasteiger partial charge in [0.2, 0.25) is 5.91 Å². The fourth-order valence-electron chi connectivity index (χ4n) is 5.09. The molecule has 1 unspecified atom stereocenters. The van der Waals surface area contributed by atoms with Gasteiger partial charge in [-0.2, -0.15) is 10.4 Å². The zero-order valence-electron chi connectivity index (χ0n) is 23.1. The monoisotopic (exact) mass is 561 g/mol. The Labute approximate surface area is 238 Å². The summed E-state index contributed by atoms with van der Waals surface area (Å²) in [6.07, 6.45) is 1.34. The molecule has 10 heteroatoms. The van der Waals surface area contributed by atoms with Crippen LogP contribution in [0.25, 0.3) is 0 Å². The van der Waals surface area contributed by atoms with Crippen LogP contribution in [0.5, 0.6) is 11.5 Å². The van der Waals surface area contributed by atoms with Crippen molar-refractivity contribution in [2.24, 2.45) is 5.41 Å². The van der Waals surface area contributed by atoms with E-state index in [0.717, 1.165) is 5.56 Å². The molecule has 0 saturated carbocycles. The number of likely N-dealkylation sites (tertiary alicyclic amines) is 1. The average molecular weight is 562 g/mol. The number of amides is 2. The van der Waals surface area contributed by atoms with Crippen LogP contribution in [0, 0.1) is 30.6 Å². The van der Waals surface area contributed by atoms with E-state index in [4.69, 9.17) is 16.3 Å². The van der Waals surface area contributed by atoms with E-state index in [2.05, 4.69) is 21.6 Å². The first-order chi connectivity index (χ1) is 18.9. The molecule has 0 aliphatic carbocycles. The van der Waals surface area contributed by atoms with Crippen LogP contribution in [0.1, 0.15) is 66.8 Å². The predicted octanol–water partition coefficient (Wildman–Crippen LogP) is 5.23. The van der Waals surface area contributed by atoms with E-state index in [1.165, 1.54) is 6.07 Å². The molecular weight excluding hydrogens is 530 g/mol. The maximum absolute atomic E-state index is 13.8. The zero-order valence-corrected chi connectivity index (χ0v) is 23.9. The third-order valence-electron chi connectivity index (χ3n) is 7.27. The van der Waals surface area contributed by atoms with Gasteiger partial charge in [0.15, 0.2) is 5.75 Å². The highest BCUT2D eigenvalue weighted by Gasteiger charge is 2.46. The largest absolute Gasteiger partial charge is 0.451 e.